The van der Waals surface area contributed by atoms with Gasteiger partial charge < -0.3 is 0 Å². The molecule has 0 unspecified atom stereocenters. The first-order valence-corrected chi connectivity index (χ1v) is 9.98. The smallest absolute Gasteiger partial charge is 0.268 e. The summed E-state index contributed by atoms with van der Waals surface area (Å²) in [5.41, 5.74) is 2.24. The first-order chi connectivity index (χ1) is 12.3. The second-order valence-corrected chi connectivity index (χ2v) is 7.97. The van der Waals surface area contributed by atoms with Gasteiger partial charge in [-0.2, -0.15) is 5.10 Å². The summed E-state index contributed by atoms with van der Waals surface area (Å²) in [7, 11) is -3.68. The summed E-state index contributed by atoms with van der Waals surface area (Å²) in [4.78, 5) is 12.4. The van der Waals surface area contributed by atoms with Gasteiger partial charge in [0.05, 0.1) is 18.4 Å². The highest BCUT2D eigenvalue weighted by molar-refractivity contribution is 7.89. The van der Waals surface area contributed by atoms with Gasteiger partial charge in [-0.3, -0.25) is 9.48 Å². The highest BCUT2D eigenvalue weighted by atomic mass is 35.5. The number of nitrogens with zero attached hydrogens (tertiary/aromatic N) is 2. The molecular weight excluding hydrogens is 374 g/mol. The van der Waals surface area contributed by atoms with Gasteiger partial charge in [0.2, 0.25) is 10.0 Å². The van der Waals surface area contributed by atoms with E-state index in [0.29, 0.717) is 22.8 Å². The van der Waals surface area contributed by atoms with Gasteiger partial charge in [-0.05, 0) is 17.7 Å². The Morgan fingerprint density at radius 1 is 1.12 bits per heavy atom. The predicted octanol–water partition coefficient (Wildman–Crippen LogP) is 2.94. The minimum atomic E-state index is -3.68. The minimum Gasteiger partial charge on any atom is -0.268 e. The van der Waals surface area contributed by atoms with Gasteiger partial charge in [0.25, 0.3) is 5.91 Å². The van der Waals surface area contributed by atoms with E-state index >= 15 is 0 Å². The van der Waals surface area contributed by atoms with Crippen LogP contribution in [0.3, 0.4) is 0 Å². The third kappa shape index (κ3) is 4.50. The number of amides is 1. The van der Waals surface area contributed by atoms with Crippen molar-refractivity contribution < 1.29 is 13.2 Å². The quantitative estimate of drug-likeness (QED) is 0.727. The van der Waals surface area contributed by atoms with Crippen LogP contribution in [0.2, 0.25) is 5.02 Å². The zero-order valence-corrected chi connectivity index (χ0v) is 15.5. The molecule has 8 heteroatoms. The Morgan fingerprint density at radius 3 is 2.38 bits per heavy atom. The molecule has 0 spiro atoms. The van der Waals surface area contributed by atoms with Crippen molar-refractivity contribution >= 4 is 27.5 Å². The lowest BCUT2D eigenvalue weighted by Crippen LogP contribution is -2.29. The van der Waals surface area contributed by atoms with Gasteiger partial charge in [0.15, 0.2) is 0 Å². The van der Waals surface area contributed by atoms with Crippen molar-refractivity contribution in [2.45, 2.75) is 6.54 Å². The fraction of sp³-hybridized carbons (Fsp3) is 0.111. The maximum absolute atomic E-state index is 12.4. The molecule has 134 valence electrons. The molecule has 26 heavy (non-hydrogen) atoms. The van der Waals surface area contributed by atoms with Gasteiger partial charge >= 0.3 is 0 Å². The molecule has 1 N–H and O–H groups in total. The molecule has 0 saturated heterocycles. The SMILES string of the molecule is CS(=O)(=O)NC(=O)c1cn(Cc2ccccc2)nc1-c1ccc(Cl)cc1. The van der Waals surface area contributed by atoms with Crippen LogP contribution in [0.15, 0.2) is 60.8 Å². The van der Waals surface area contributed by atoms with Crippen molar-refractivity contribution in [2.24, 2.45) is 0 Å². The molecule has 6 nitrogen and oxygen atoms in total. The molecule has 2 aromatic carbocycles. The molecule has 0 fully saturated rings. The summed E-state index contributed by atoms with van der Waals surface area (Å²) in [6.45, 7) is 0.452. The Labute approximate surface area is 156 Å². The molecule has 3 rings (SSSR count). The lowest BCUT2D eigenvalue weighted by Gasteiger charge is -2.03. The van der Waals surface area contributed by atoms with Crippen LogP contribution in [-0.2, 0) is 16.6 Å². The maximum Gasteiger partial charge on any atom is 0.268 e. The van der Waals surface area contributed by atoms with E-state index in [9.17, 15) is 13.2 Å². The lowest BCUT2D eigenvalue weighted by molar-refractivity contribution is 0.0982. The van der Waals surface area contributed by atoms with Gasteiger partial charge in [0, 0.05) is 16.8 Å². The Bertz CT molecular complexity index is 1030. The van der Waals surface area contributed by atoms with Gasteiger partial charge in [-0.25, -0.2) is 13.1 Å². The standard InChI is InChI=1S/C18H16ClN3O3S/c1-26(24,25)21-18(23)16-12-22(11-13-5-3-2-4-6-13)20-17(16)14-7-9-15(19)10-8-14/h2-10,12H,11H2,1H3,(H,21,23). The van der Waals surface area contributed by atoms with Crippen molar-refractivity contribution in [3.8, 4) is 11.3 Å². The van der Waals surface area contributed by atoms with Crippen LogP contribution in [0, 0.1) is 0 Å². The second kappa shape index (κ2) is 7.31. The summed E-state index contributed by atoms with van der Waals surface area (Å²) in [6, 6.07) is 16.5. The Balaban J connectivity index is 2.02. The van der Waals surface area contributed by atoms with Crippen molar-refractivity contribution in [3.63, 3.8) is 0 Å². The number of carbonyl (C=O) groups excluding carboxylic acids is 1. The summed E-state index contributed by atoms with van der Waals surface area (Å²) in [5.74, 6) is -0.725. The normalized spacial score (nSPS) is 11.3. The first kappa shape index (κ1) is 18.2. The highest BCUT2D eigenvalue weighted by Gasteiger charge is 2.20. The van der Waals surface area contributed by atoms with E-state index in [0.717, 1.165) is 11.8 Å². The molecule has 1 amide bonds. The number of hydrogen-bond acceptors (Lipinski definition) is 4. The van der Waals surface area contributed by atoms with Crippen LogP contribution in [0.5, 0.6) is 0 Å². The fourth-order valence-electron chi connectivity index (χ4n) is 2.48. The van der Waals surface area contributed by atoms with Crippen molar-refractivity contribution in [1.82, 2.24) is 14.5 Å². The zero-order chi connectivity index (χ0) is 18.7. The van der Waals surface area contributed by atoms with Crippen LogP contribution >= 0.6 is 11.6 Å². The van der Waals surface area contributed by atoms with E-state index < -0.39 is 15.9 Å². The molecule has 3 aromatic rings. The summed E-state index contributed by atoms with van der Waals surface area (Å²) < 4.78 is 26.5. The van der Waals surface area contributed by atoms with Gasteiger partial charge in [-0.15, -0.1) is 0 Å². The number of sulfonamides is 1. The largest absolute Gasteiger partial charge is 0.268 e. The number of halogens is 1. The van der Waals surface area contributed by atoms with E-state index in [1.165, 1.54) is 6.20 Å². The monoisotopic (exact) mass is 389 g/mol. The van der Waals surface area contributed by atoms with Crippen molar-refractivity contribution in [3.05, 3.63) is 76.9 Å². The average molecular weight is 390 g/mol. The molecule has 0 aliphatic heterocycles. The Hall–Kier alpha value is -2.64. The summed E-state index contributed by atoms with van der Waals surface area (Å²) >= 11 is 5.92. The molecule has 0 saturated carbocycles. The number of hydrogen-bond donors (Lipinski definition) is 1. The van der Waals surface area contributed by atoms with Crippen molar-refractivity contribution in [1.29, 1.82) is 0 Å². The summed E-state index contributed by atoms with van der Waals surface area (Å²) in [5, 5.41) is 5.03. The molecule has 0 aliphatic rings. The molecular formula is C18H16ClN3O3S. The van der Waals surface area contributed by atoms with Crippen LogP contribution in [0.4, 0.5) is 0 Å². The van der Waals surface area contributed by atoms with E-state index in [4.69, 9.17) is 11.6 Å². The number of nitrogens with one attached hydrogen (secondary N) is 1. The molecule has 1 aromatic heterocycles. The van der Waals surface area contributed by atoms with Crippen LogP contribution in [0.25, 0.3) is 11.3 Å². The maximum atomic E-state index is 12.4. The van der Waals surface area contributed by atoms with Gasteiger partial charge in [0.1, 0.15) is 5.69 Å². The topological polar surface area (TPSA) is 81.1 Å². The fourth-order valence-corrected chi connectivity index (χ4v) is 3.06. The second-order valence-electron chi connectivity index (χ2n) is 5.78. The Morgan fingerprint density at radius 2 is 1.77 bits per heavy atom. The molecule has 1 heterocycles. The number of rotatable bonds is 5. The van der Waals surface area contributed by atoms with Crippen LogP contribution in [0.1, 0.15) is 15.9 Å². The third-order valence-corrected chi connectivity index (χ3v) is 4.40. The zero-order valence-electron chi connectivity index (χ0n) is 13.9. The number of aromatic nitrogens is 2. The highest BCUT2D eigenvalue weighted by Crippen LogP contribution is 2.24. The predicted molar refractivity (Wildman–Crippen MR) is 101 cm³/mol. The van der Waals surface area contributed by atoms with E-state index in [1.807, 2.05) is 35.1 Å². The lowest BCUT2D eigenvalue weighted by atomic mass is 10.1. The van der Waals surface area contributed by atoms with Gasteiger partial charge in [-0.1, -0.05) is 54.1 Å². The number of benzene rings is 2. The average Bonchev–Trinajstić information content (AvgIpc) is 2.99. The van der Waals surface area contributed by atoms with E-state index in [2.05, 4.69) is 5.10 Å². The summed E-state index contributed by atoms with van der Waals surface area (Å²) in [6.07, 6.45) is 2.47. The molecule has 0 aliphatic carbocycles. The third-order valence-electron chi connectivity index (χ3n) is 3.59. The molecule has 0 bridgehead atoms. The molecule has 0 radical (unpaired) electrons. The van der Waals surface area contributed by atoms with E-state index in [-0.39, 0.29) is 5.56 Å². The van der Waals surface area contributed by atoms with E-state index in [1.54, 1.807) is 28.9 Å². The minimum absolute atomic E-state index is 0.175. The first-order valence-electron chi connectivity index (χ1n) is 7.71. The number of carbonyl (C=O) groups is 1. The van der Waals surface area contributed by atoms with Crippen molar-refractivity contribution in [2.75, 3.05) is 6.26 Å². The Kier molecular flexibility index (Phi) is 5.11. The van der Waals surface area contributed by atoms with Crippen LogP contribution < -0.4 is 4.72 Å². The molecule has 0 atom stereocenters. The van der Waals surface area contributed by atoms with Crippen LogP contribution in [-0.4, -0.2) is 30.4 Å².